The van der Waals surface area contributed by atoms with Gasteiger partial charge in [0.25, 0.3) is 17.7 Å². The zero-order chi connectivity index (χ0) is 37.8. The molecule has 1 saturated carbocycles. The van der Waals surface area contributed by atoms with Gasteiger partial charge in [0.05, 0.1) is 5.56 Å². The molecule has 6 rings (SSSR count). The Bertz CT molecular complexity index is 1750. The third-order valence-corrected chi connectivity index (χ3v) is 9.87. The van der Waals surface area contributed by atoms with Crippen molar-refractivity contribution in [3.05, 3.63) is 64.7 Å². The Morgan fingerprint density at radius 3 is 1.81 bits per heavy atom. The van der Waals surface area contributed by atoms with Crippen LogP contribution < -0.4 is 15.4 Å². The van der Waals surface area contributed by atoms with Gasteiger partial charge in [0.1, 0.15) is 17.1 Å². The second-order valence-corrected chi connectivity index (χ2v) is 14.3. The van der Waals surface area contributed by atoms with Crippen molar-refractivity contribution in [2.45, 2.75) is 97.0 Å². The number of carbonyl (C=O) groups is 4. The predicted molar refractivity (Wildman–Crippen MR) is 185 cm³/mol. The number of nitrogens with zero attached hydrogens (tertiary/aromatic N) is 4. The first-order valence-corrected chi connectivity index (χ1v) is 17.7. The highest BCUT2D eigenvalue weighted by molar-refractivity contribution is 5.97. The molecule has 0 radical (unpaired) electrons. The number of hydrogen-bond donors (Lipinski definition) is 4. The van der Waals surface area contributed by atoms with E-state index in [1.165, 1.54) is 18.2 Å². The Morgan fingerprint density at radius 1 is 0.865 bits per heavy atom. The molecule has 4 amide bonds. The number of aromatic nitrogens is 4. The second kappa shape index (κ2) is 15.8. The Kier molecular flexibility index (Phi) is 11.6. The van der Waals surface area contributed by atoms with Crippen molar-refractivity contribution < 1.29 is 37.1 Å². The molecule has 16 heteroatoms. The van der Waals surface area contributed by atoms with E-state index in [9.17, 15) is 32.3 Å². The highest BCUT2D eigenvalue weighted by atomic mass is 19.4. The minimum Gasteiger partial charge on any atom is -0.405 e. The highest BCUT2D eigenvalue weighted by Gasteiger charge is 2.48. The molecular weight excluding hydrogens is 681 g/mol. The molecule has 282 valence electrons. The van der Waals surface area contributed by atoms with Gasteiger partial charge >= 0.3 is 6.36 Å². The van der Waals surface area contributed by atoms with Crippen LogP contribution in [-0.4, -0.2) is 98.4 Å². The maximum absolute atomic E-state index is 12.6. The van der Waals surface area contributed by atoms with Gasteiger partial charge < -0.3 is 25.2 Å². The van der Waals surface area contributed by atoms with E-state index in [-0.39, 0.29) is 53.2 Å². The number of nitrogens with one attached hydrogen (secondary N) is 4. The van der Waals surface area contributed by atoms with E-state index < -0.39 is 18.0 Å². The Hall–Kier alpha value is -4.89. The molecule has 13 nitrogen and oxygen atoms in total. The summed E-state index contributed by atoms with van der Waals surface area (Å²) in [4.78, 5) is 53.2. The van der Waals surface area contributed by atoms with Crippen LogP contribution in [0.5, 0.6) is 5.75 Å². The Labute approximate surface area is 300 Å². The molecule has 1 aliphatic carbocycles. The topological polar surface area (TPSA) is 165 Å². The Morgan fingerprint density at radius 2 is 1.37 bits per heavy atom. The second-order valence-electron chi connectivity index (χ2n) is 14.3. The molecule has 3 fully saturated rings. The van der Waals surface area contributed by atoms with Crippen LogP contribution in [0.25, 0.3) is 0 Å². The first-order valence-electron chi connectivity index (χ1n) is 17.7. The van der Waals surface area contributed by atoms with E-state index in [2.05, 4.69) is 56.5 Å². The number of benzene rings is 1. The van der Waals surface area contributed by atoms with Gasteiger partial charge in [0.2, 0.25) is 5.91 Å². The van der Waals surface area contributed by atoms with Crippen molar-refractivity contribution in [3.8, 4) is 5.75 Å². The number of H-pyrrole nitrogens is 2. The fourth-order valence-corrected chi connectivity index (χ4v) is 6.29. The summed E-state index contributed by atoms with van der Waals surface area (Å²) in [5.41, 5.74) is 2.24. The van der Waals surface area contributed by atoms with Crippen LogP contribution in [0.2, 0.25) is 0 Å². The van der Waals surface area contributed by atoms with Gasteiger partial charge in [0.15, 0.2) is 0 Å². The summed E-state index contributed by atoms with van der Waals surface area (Å²) >= 11 is 0. The first-order chi connectivity index (χ1) is 24.6. The molecule has 2 aromatic heterocycles. The van der Waals surface area contributed by atoms with E-state index in [1.54, 1.807) is 15.9 Å². The summed E-state index contributed by atoms with van der Waals surface area (Å²) in [6, 6.07) is 8.35. The van der Waals surface area contributed by atoms with Gasteiger partial charge in [-0.1, -0.05) is 46.8 Å². The minimum atomic E-state index is -4.90. The van der Waals surface area contributed by atoms with Crippen LogP contribution in [0.15, 0.2) is 36.4 Å². The average Bonchev–Trinajstić information content (AvgIpc) is 3.63. The molecule has 0 spiro atoms. The molecule has 2 atom stereocenters. The van der Waals surface area contributed by atoms with Crippen molar-refractivity contribution in [3.63, 3.8) is 0 Å². The van der Waals surface area contributed by atoms with Gasteiger partial charge in [-0.05, 0) is 68.2 Å². The number of halogens is 3. The zero-order valence-corrected chi connectivity index (χ0v) is 30.1. The number of carbonyl (C=O) groups excluding carboxylic acids is 4. The van der Waals surface area contributed by atoms with Crippen LogP contribution in [0, 0.1) is 5.41 Å². The van der Waals surface area contributed by atoms with Gasteiger partial charge in [-0.25, -0.2) is 0 Å². The maximum Gasteiger partial charge on any atom is 0.573 e. The number of hydrogen-bond acceptors (Lipinski definition) is 7. The van der Waals surface area contributed by atoms with Gasteiger partial charge in [0, 0.05) is 55.1 Å². The summed E-state index contributed by atoms with van der Waals surface area (Å²) in [6.45, 7) is 12.1. The van der Waals surface area contributed by atoms with Crippen molar-refractivity contribution in [2.24, 2.45) is 5.41 Å². The van der Waals surface area contributed by atoms with Gasteiger partial charge in [-0.15, -0.1) is 13.2 Å². The third kappa shape index (κ3) is 9.31. The number of alkyl halides is 3. The molecule has 0 bridgehead atoms. The standard InChI is InChI=1S/C19H21F3N4O3.C17H26N4O2/c1-11(2)14-9-15(25-24-14)18(28)26-8-7-12(10-26)23-17(27)13-5-3-4-6-16(13)29-19(20,21)22;1-4-17(6-7-17)16(23)18-12-5-8-21(10-12)15(22)14-9-13(11(2)3)19-20-14/h3-6,9,11-12H,7-8,10H2,1-2H3,(H,23,27)(H,24,25);9,11-12H,4-8,10H2,1-3H3,(H,18,23)(H,19,20). The summed E-state index contributed by atoms with van der Waals surface area (Å²) in [5.74, 6) is -0.882. The molecular formula is C36H47F3N8O5. The van der Waals surface area contributed by atoms with Crippen LogP contribution in [0.3, 0.4) is 0 Å². The SMILES string of the molecule is CC(C)c1cc(C(=O)N2CCC(NC(=O)c3ccccc3OC(F)(F)F)C2)n[nH]1.CCC1(C(=O)NC2CCN(C(=O)c3cc(C(C)C)[nH]n3)C2)CC1. The number of aromatic amines is 2. The van der Waals surface area contributed by atoms with E-state index in [1.807, 2.05) is 19.9 Å². The first kappa shape index (κ1) is 38.3. The lowest BCUT2D eigenvalue weighted by atomic mass is 10.0. The summed E-state index contributed by atoms with van der Waals surface area (Å²) in [7, 11) is 0. The number of ether oxygens (including phenoxy) is 1. The van der Waals surface area contributed by atoms with Gasteiger partial charge in [-0.3, -0.25) is 29.4 Å². The van der Waals surface area contributed by atoms with E-state index in [0.29, 0.717) is 43.4 Å². The lowest BCUT2D eigenvalue weighted by molar-refractivity contribution is -0.274. The summed E-state index contributed by atoms with van der Waals surface area (Å²) in [6.07, 6.45) is -0.698. The van der Waals surface area contributed by atoms with Crippen LogP contribution in [0.1, 0.15) is 121 Å². The molecule has 1 aromatic carbocycles. The lowest BCUT2D eigenvalue weighted by Crippen LogP contribution is -2.42. The van der Waals surface area contributed by atoms with Crippen LogP contribution >= 0.6 is 0 Å². The number of rotatable bonds is 10. The van der Waals surface area contributed by atoms with Gasteiger partial charge in [-0.2, -0.15) is 10.2 Å². The number of para-hydroxylation sites is 1. The molecule has 2 saturated heterocycles. The van der Waals surface area contributed by atoms with Crippen LogP contribution in [-0.2, 0) is 4.79 Å². The van der Waals surface area contributed by atoms with Crippen molar-refractivity contribution >= 4 is 23.6 Å². The third-order valence-electron chi connectivity index (χ3n) is 9.87. The normalized spacial score (nSPS) is 19.3. The van der Waals surface area contributed by atoms with Crippen LogP contribution in [0.4, 0.5) is 13.2 Å². The van der Waals surface area contributed by atoms with Crippen molar-refractivity contribution in [2.75, 3.05) is 26.2 Å². The Balaban J connectivity index is 0.000000206. The fourth-order valence-electron chi connectivity index (χ4n) is 6.29. The smallest absolute Gasteiger partial charge is 0.405 e. The highest BCUT2D eigenvalue weighted by Crippen LogP contribution is 2.48. The molecule has 4 N–H and O–H groups in total. The van der Waals surface area contributed by atoms with E-state index in [0.717, 1.165) is 43.1 Å². The maximum atomic E-state index is 12.6. The quantitative estimate of drug-likeness (QED) is 0.225. The molecule has 52 heavy (non-hydrogen) atoms. The monoisotopic (exact) mass is 728 g/mol. The van der Waals surface area contributed by atoms with E-state index >= 15 is 0 Å². The molecule has 4 heterocycles. The lowest BCUT2D eigenvalue weighted by Gasteiger charge is -2.19. The summed E-state index contributed by atoms with van der Waals surface area (Å²) in [5, 5.41) is 19.7. The molecule has 3 aliphatic rings. The number of likely N-dealkylation sites (tertiary alicyclic amines) is 2. The van der Waals surface area contributed by atoms with Crippen molar-refractivity contribution in [1.82, 2.24) is 40.8 Å². The minimum absolute atomic E-state index is 0.0541. The molecule has 2 unspecified atom stereocenters. The fraction of sp³-hybridized carbons (Fsp3) is 0.556. The zero-order valence-electron chi connectivity index (χ0n) is 30.1. The predicted octanol–water partition coefficient (Wildman–Crippen LogP) is 5.13. The molecule has 2 aliphatic heterocycles. The van der Waals surface area contributed by atoms with Crippen molar-refractivity contribution in [1.29, 1.82) is 0 Å². The van der Waals surface area contributed by atoms with E-state index in [4.69, 9.17) is 0 Å². The largest absolute Gasteiger partial charge is 0.573 e. The average molecular weight is 729 g/mol. The molecule has 3 aromatic rings. The summed E-state index contributed by atoms with van der Waals surface area (Å²) < 4.78 is 41.5. The number of amides is 4.